The number of carbonyl (C=O) groups is 2. The van der Waals surface area contributed by atoms with Crippen LogP contribution >= 0.6 is 0 Å². The van der Waals surface area contributed by atoms with Crippen molar-refractivity contribution in [3.8, 4) is 5.69 Å². The molecule has 2 aromatic heterocycles. The van der Waals surface area contributed by atoms with E-state index in [1.807, 2.05) is 0 Å². The van der Waals surface area contributed by atoms with E-state index < -0.39 is 17.3 Å². The molecule has 11 heteroatoms. The fourth-order valence-electron chi connectivity index (χ4n) is 2.91. The first kappa shape index (κ1) is 19.9. The van der Waals surface area contributed by atoms with Gasteiger partial charge >= 0.3 is 0 Å². The molecule has 2 heterocycles. The quantitative estimate of drug-likeness (QED) is 0.506. The van der Waals surface area contributed by atoms with Gasteiger partial charge in [0.25, 0.3) is 5.56 Å². The van der Waals surface area contributed by atoms with E-state index in [0.717, 1.165) is 4.57 Å². The lowest BCUT2D eigenvalue weighted by molar-refractivity contribution is -0.117. The minimum absolute atomic E-state index is 0.0146. The van der Waals surface area contributed by atoms with Crippen LogP contribution in [0.25, 0.3) is 16.9 Å². The zero-order valence-electron chi connectivity index (χ0n) is 16.2. The van der Waals surface area contributed by atoms with E-state index in [1.165, 1.54) is 42.2 Å². The maximum atomic E-state index is 13.1. The van der Waals surface area contributed by atoms with E-state index >= 15 is 0 Å². The first-order chi connectivity index (χ1) is 14.9. The SMILES string of the molecule is CC(=O)Nc1ccc(NC(=O)Cn2cnc3c(nnn3-c3ccc(F)cc3)c2=O)cc1. The summed E-state index contributed by atoms with van der Waals surface area (Å²) in [4.78, 5) is 40.3. The predicted octanol–water partition coefficient (Wildman–Crippen LogP) is 1.71. The van der Waals surface area contributed by atoms with Gasteiger partial charge in [-0.25, -0.2) is 9.37 Å². The van der Waals surface area contributed by atoms with E-state index in [9.17, 15) is 18.8 Å². The van der Waals surface area contributed by atoms with Crippen LogP contribution in [0.15, 0.2) is 59.7 Å². The molecule has 10 nitrogen and oxygen atoms in total. The van der Waals surface area contributed by atoms with Crippen molar-refractivity contribution >= 4 is 34.4 Å². The molecule has 0 radical (unpaired) electrons. The summed E-state index contributed by atoms with van der Waals surface area (Å²) < 4.78 is 15.6. The van der Waals surface area contributed by atoms with Crippen molar-refractivity contribution in [2.75, 3.05) is 10.6 Å². The normalized spacial score (nSPS) is 10.8. The van der Waals surface area contributed by atoms with Gasteiger partial charge in [-0.2, -0.15) is 4.68 Å². The Kier molecular flexibility index (Phi) is 5.22. The molecule has 156 valence electrons. The molecule has 2 amide bonds. The van der Waals surface area contributed by atoms with Gasteiger partial charge in [-0.1, -0.05) is 5.21 Å². The van der Waals surface area contributed by atoms with E-state index in [0.29, 0.717) is 17.1 Å². The molecule has 0 saturated carbocycles. The second-order valence-corrected chi connectivity index (χ2v) is 6.63. The van der Waals surface area contributed by atoms with Crippen molar-refractivity contribution in [2.24, 2.45) is 0 Å². The summed E-state index contributed by atoms with van der Waals surface area (Å²) in [5.74, 6) is -1.05. The third-order valence-electron chi connectivity index (χ3n) is 4.30. The average molecular weight is 421 g/mol. The second kappa shape index (κ2) is 8.14. The van der Waals surface area contributed by atoms with Gasteiger partial charge in [0, 0.05) is 18.3 Å². The van der Waals surface area contributed by atoms with Crippen LogP contribution in [-0.4, -0.2) is 36.4 Å². The van der Waals surface area contributed by atoms with Crippen molar-refractivity contribution in [1.29, 1.82) is 0 Å². The smallest absolute Gasteiger partial charge is 0.284 e. The largest absolute Gasteiger partial charge is 0.326 e. The Balaban J connectivity index is 1.51. The first-order valence-electron chi connectivity index (χ1n) is 9.15. The average Bonchev–Trinajstić information content (AvgIpc) is 3.17. The molecular formula is C20H16FN7O3. The summed E-state index contributed by atoms with van der Waals surface area (Å²) in [6, 6.07) is 12.0. The standard InChI is InChI=1S/C20H16FN7O3/c1-12(29)23-14-4-6-15(7-5-14)24-17(30)10-27-11-22-19-18(20(27)31)25-26-28(19)16-8-2-13(21)3-9-16/h2-9,11H,10H2,1H3,(H,23,29)(H,24,30). The molecule has 2 aromatic carbocycles. The van der Waals surface area contributed by atoms with E-state index in [2.05, 4.69) is 25.9 Å². The summed E-state index contributed by atoms with van der Waals surface area (Å²) in [5.41, 5.74) is 1.24. The molecule has 0 saturated heterocycles. The zero-order valence-corrected chi connectivity index (χ0v) is 16.2. The van der Waals surface area contributed by atoms with Gasteiger partial charge in [0.1, 0.15) is 18.7 Å². The molecule has 0 unspecified atom stereocenters. The molecular weight excluding hydrogens is 405 g/mol. The summed E-state index contributed by atoms with van der Waals surface area (Å²) >= 11 is 0. The van der Waals surface area contributed by atoms with Crippen LogP contribution < -0.4 is 16.2 Å². The number of aromatic nitrogens is 5. The predicted molar refractivity (Wildman–Crippen MR) is 110 cm³/mol. The molecule has 2 N–H and O–H groups in total. The van der Waals surface area contributed by atoms with Gasteiger partial charge in [0.2, 0.25) is 11.8 Å². The van der Waals surface area contributed by atoms with Crippen LogP contribution in [0.1, 0.15) is 6.92 Å². The van der Waals surface area contributed by atoms with E-state index in [4.69, 9.17) is 0 Å². The topological polar surface area (TPSA) is 124 Å². The number of hydrogen-bond donors (Lipinski definition) is 2. The Labute approximate surface area is 174 Å². The molecule has 0 spiro atoms. The number of benzene rings is 2. The summed E-state index contributed by atoms with van der Waals surface area (Å²) in [7, 11) is 0. The molecule has 0 aliphatic carbocycles. The molecule has 0 bridgehead atoms. The van der Waals surface area contributed by atoms with Gasteiger partial charge in [0.05, 0.1) is 5.69 Å². The highest BCUT2D eigenvalue weighted by molar-refractivity contribution is 5.92. The van der Waals surface area contributed by atoms with Crippen LogP contribution in [0.3, 0.4) is 0 Å². The molecule has 0 atom stereocenters. The Morgan fingerprint density at radius 1 is 1.00 bits per heavy atom. The van der Waals surface area contributed by atoms with Crippen molar-refractivity contribution in [3.05, 3.63) is 71.0 Å². The van der Waals surface area contributed by atoms with Gasteiger partial charge in [-0.05, 0) is 48.5 Å². The Bertz CT molecular complexity index is 1330. The Morgan fingerprint density at radius 3 is 2.29 bits per heavy atom. The lowest BCUT2D eigenvalue weighted by atomic mass is 10.2. The maximum absolute atomic E-state index is 13.1. The summed E-state index contributed by atoms with van der Waals surface area (Å²) in [5, 5.41) is 13.1. The fourth-order valence-corrected chi connectivity index (χ4v) is 2.91. The Morgan fingerprint density at radius 2 is 1.65 bits per heavy atom. The number of amides is 2. The van der Waals surface area contributed by atoms with Crippen LogP contribution in [0, 0.1) is 5.82 Å². The van der Waals surface area contributed by atoms with E-state index in [-0.39, 0.29) is 23.6 Å². The lowest BCUT2D eigenvalue weighted by Crippen LogP contribution is -2.28. The van der Waals surface area contributed by atoms with Gasteiger partial charge in [0.15, 0.2) is 11.2 Å². The molecule has 0 aliphatic rings. The molecule has 4 aromatic rings. The number of carbonyl (C=O) groups excluding carboxylic acids is 2. The first-order valence-corrected chi connectivity index (χ1v) is 9.15. The Hall–Kier alpha value is -4.41. The minimum atomic E-state index is -0.533. The molecule has 31 heavy (non-hydrogen) atoms. The third kappa shape index (κ3) is 4.29. The highest BCUT2D eigenvalue weighted by Gasteiger charge is 2.15. The molecule has 0 fully saturated rings. The molecule has 4 rings (SSSR count). The zero-order chi connectivity index (χ0) is 22.0. The minimum Gasteiger partial charge on any atom is -0.326 e. The number of hydrogen-bond acceptors (Lipinski definition) is 6. The number of nitrogens with one attached hydrogen (secondary N) is 2. The van der Waals surface area contributed by atoms with Gasteiger partial charge in [-0.3, -0.25) is 19.0 Å². The van der Waals surface area contributed by atoms with Crippen molar-refractivity contribution in [3.63, 3.8) is 0 Å². The van der Waals surface area contributed by atoms with Crippen molar-refractivity contribution in [1.82, 2.24) is 24.5 Å². The highest BCUT2D eigenvalue weighted by Crippen LogP contribution is 2.14. The monoisotopic (exact) mass is 421 g/mol. The van der Waals surface area contributed by atoms with Crippen LogP contribution in [0.2, 0.25) is 0 Å². The third-order valence-corrected chi connectivity index (χ3v) is 4.30. The van der Waals surface area contributed by atoms with Gasteiger partial charge < -0.3 is 10.6 Å². The molecule has 0 aliphatic heterocycles. The highest BCUT2D eigenvalue weighted by atomic mass is 19.1. The van der Waals surface area contributed by atoms with Crippen molar-refractivity contribution in [2.45, 2.75) is 13.5 Å². The summed E-state index contributed by atoms with van der Waals surface area (Å²) in [6.07, 6.45) is 1.23. The van der Waals surface area contributed by atoms with Gasteiger partial charge in [-0.15, -0.1) is 5.10 Å². The number of nitrogens with zero attached hydrogens (tertiary/aromatic N) is 5. The van der Waals surface area contributed by atoms with E-state index in [1.54, 1.807) is 24.3 Å². The van der Waals surface area contributed by atoms with Crippen molar-refractivity contribution < 1.29 is 14.0 Å². The summed E-state index contributed by atoms with van der Waals surface area (Å²) in [6.45, 7) is 1.12. The second-order valence-electron chi connectivity index (χ2n) is 6.63. The van der Waals surface area contributed by atoms with Crippen LogP contribution in [0.5, 0.6) is 0 Å². The fraction of sp³-hybridized carbons (Fsp3) is 0.100. The lowest BCUT2D eigenvalue weighted by Gasteiger charge is -2.08. The van der Waals surface area contributed by atoms with Crippen LogP contribution in [0.4, 0.5) is 15.8 Å². The number of fused-ring (bicyclic) bond motifs is 1. The number of anilines is 2. The number of halogens is 1. The van der Waals surface area contributed by atoms with Crippen LogP contribution in [-0.2, 0) is 16.1 Å². The number of rotatable bonds is 5. The maximum Gasteiger partial charge on any atom is 0.284 e.